The van der Waals surface area contributed by atoms with Gasteiger partial charge in [0.25, 0.3) is 0 Å². The molecule has 1 aliphatic heterocycles. The fourth-order valence-corrected chi connectivity index (χ4v) is 3.55. The number of carbonyl (C=O) groups is 1. The highest BCUT2D eigenvalue weighted by atomic mass is 19.1. The summed E-state index contributed by atoms with van der Waals surface area (Å²) in [4.78, 5) is 26.4. The van der Waals surface area contributed by atoms with Gasteiger partial charge in [0.2, 0.25) is 11.9 Å². The van der Waals surface area contributed by atoms with Gasteiger partial charge in [-0.25, -0.2) is 23.8 Å². The number of nitrogens with zero attached hydrogens (tertiary/aromatic N) is 4. The SMILES string of the molecule is N#Cc1ccnc(NC2CC(C(=O)N3OCC[C@H]3c3cc(F)cc(F)c3)C2)n1. The zero-order valence-corrected chi connectivity index (χ0v) is 14.8. The third kappa shape index (κ3) is 3.64. The van der Waals surface area contributed by atoms with Crippen LogP contribution in [0, 0.1) is 28.9 Å². The summed E-state index contributed by atoms with van der Waals surface area (Å²) in [5.74, 6) is -1.46. The second-order valence-electron chi connectivity index (χ2n) is 6.89. The number of benzene rings is 1. The normalized spacial score (nSPS) is 23.8. The van der Waals surface area contributed by atoms with Gasteiger partial charge >= 0.3 is 0 Å². The molecule has 1 aliphatic carbocycles. The first-order valence-corrected chi connectivity index (χ1v) is 8.95. The molecule has 2 heterocycles. The van der Waals surface area contributed by atoms with Crippen LogP contribution in [0.2, 0.25) is 0 Å². The van der Waals surface area contributed by atoms with Gasteiger partial charge in [0.15, 0.2) is 0 Å². The Morgan fingerprint density at radius 2 is 2.04 bits per heavy atom. The molecular formula is C19H17F2N5O2. The van der Waals surface area contributed by atoms with Gasteiger partial charge in [-0.3, -0.25) is 9.63 Å². The van der Waals surface area contributed by atoms with Gasteiger partial charge < -0.3 is 5.32 Å². The fraction of sp³-hybridized carbons (Fsp3) is 0.368. The van der Waals surface area contributed by atoms with Gasteiger partial charge in [0.05, 0.1) is 12.6 Å². The second kappa shape index (κ2) is 7.48. The van der Waals surface area contributed by atoms with Crippen molar-refractivity contribution in [3.63, 3.8) is 0 Å². The summed E-state index contributed by atoms with van der Waals surface area (Å²) in [6, 6.07) is 6.23. The van der Waals surface area contributed by atoms with E-state index in [1.165, 1.54) is 29.5 Å². The number of hydrogen-bond donors (Lipinski definition) is 1. The first-order valence-electron chi connectivity index (χ1n) is 8.95. The number of carbonyl (C=O) groups excluding carboxylic acids is 1. The average molecular weight is 385 g/mol. The number of nitrogens with one attached hydrogen (secondary N) is 1. The van der Waals surface area contributed by atoms with Crippen molar-refractivity contribution in [2.24, 2.45) is 5.92 Å². The standard InChI is InChI=1S/C19H17F2N5O2/c20-13-5-11(6-14(21)9-13)17-2-4-28-26(17)18(27)12-7-16(8-12)25-19-23-3-1-15(10-22)24-19/h1,3,5-6,9,12,16-17H,2,4,7-8H2,(H,23,24,25)/t12?,16?,17-/m0/s1. The number of aromatic nitrogens is 2. The molecular weight excluding hydrogens is 368 g/mol. The second-order valence-corrected chi connectivity index (χ2v) is 6.89. The molecule has 9 heteroatoms. The summed E-state index contributed by atoms with van der Waals surface area (Å²) in [5, 5.41) is 13.2. The van der Waals surface area contributed by atoms with Crippen LogP contribution < -0.4 is 5.32 Å². The molecule has 28 heavy (non-hydrogen) atoms. The lowest BCUT2D eigenvalue weighted by Crippen LogP contribution is -2.45. The predicted molar refractivity (Wildman–Crippen MR) is 93.4 cm³/mol. The minimum atomic E-state index is -0.679. The van der Waals surface area contributed by atoms with Gasteiger partial charge in [0, 0.05) is 30.6 Å². The Morgan fingerprint density at radius 3 is 2.75 bits per heavy atom. The Balaban J connectivity index is 1.38. The Kier molecular flexibility index (Phi) is 4.88. The molecule has 1 atom stereocenters. The Bertz CT molecular complexity index is 922. The smallest absolute Gasteiger partial charge is 0.249 e. The van der Waals surface area contributed by atoms with Crippen molar-refractivity contribution in [1.29, 1.82) is 5.26 Å². The number of anilines is 1. The maximum absolute atomic E-state index is 13.5. The summed E-state index contributed by atoms with van der Waals surface area (Å²) >= 11 is 0. The lowest BCUT2D eigenvalue weighted by molar-refractivity contribution is -0.184. The Morgan fingerprint density at radius 1 is 1.29 bits per heavy atom. The van der Waals surface area contributed by atoms with Crippen LogP contribution in [-0.2, 0) is 9.63 Å². The van der Waals surface area contributed by atoms with E-state index in [0.29, 0.717) is 37.4 Å². The van der Waals surface area contributed by atoms with Crippen molar-refractivity contribution in [1.82, 2.24) is 15.0 Å². The molecule has 2 fully saturated rings. The number of halogens is 2. The van der Waals surface area contributed by atoms with E-state index in [2.05, 4.69) is 15.3 Å². The van der Waals surface area contributed by atoms with Crippen molar-refractivity contribution >= 4 is 11.9 Å². The van der Waals surface area contributed by atoms with E-state index in [1.807, 2.05) is 6.07 Å². The monoisotopic (exact) mass is 385 g/mol. The molecule has 1 aromatic carbocycles. The van der Waals surface area contributed by atoms with Gasteiger partial charge in [-0.1, -0.05) is 0 Å². The Labute approximate surface area is 159 Å². The van der Waals surface area contributed by atoms with E-state index in [-0.39, 0.29) is 23.6 Å². The highest BCUT2D eigenvalue weighted by Crippen LogP contribution is 2.37. The third-order valence-corrected chi connectivity index (χ3v) is 4.98. The Hall–Kier alpha value is -3.12. The lowest BCUT2D eigenvalue weighted by atomic mass is 9.79. The maximum Gasteiger partial charge on any atom is 0.249 e. The van der Waals surface area contributed by atoms with Crippen molar-refractivity contribution < 1.29 is 18.4 Å². The van der Waals surface area contributed by atoms with Crippen molar-refractivity contribution in [3.8, 4) is 6.07 Å². The van der Waals surface area contributed by atoms with Crippen LogP contribution >= 0.6 is 0 Å². The molecule has 0 spiro atoms. The van der Waals surface area contributed by atoms with Crippen LogP contribution in [0.15, 0.2) is 30.5 Å². The minimum absolute atomic E-state index is 0.00978. The van der Waals surface area contributed by atoms with Crippen LogP contribution in [0.1, 0.15) is 36.6 Å². The molecule has 7 nitrogen and oxygen atoms in total. The van der Waals surface area contributed by atoms with Crippen LogP contribution in [0.25, 0.3) is 0 Å². The number of hydroxylamine groups is 2. The molecule has 0 unspecified atom stereocenters. The van der Waals surface area contributed by atoms with Crippen LogP contribution in [0.5, 0.6) is 0 Å². The molecule has 1 aromatic heterocycles. The average Bonchev–Trinajstić information content (AvgIpc) is 3.13. The van der Waals surface area contributed by atoms with Gasteiger partial charge in [0.1, 0.15) is 23.4 Å². The van der Waals surface area contributed by atoms with Gasteiger partial charge in [-0.15, -0.1) is 0 Å². The molecule has 4 rings (SSSR count). The quantitative estimate of drug-likeness (QED) is 0.870. The maximum atomic E-state index is 13.5. The van der Waals surface area contributed by atoms with Gasteiger partial charge in [-0.05, 0) is 36.6 Å². The molecule has 1 N–H and O–H groups in total. The predicted octanol–water partition coefficient (Wildman–Crippen LogP) is 2.72. The molecule has 1 saturated carbocycles. The number of amides is 1. The van der Waals surface area contributed by atoms with Crippen LogP contribution in [-0.4, -0.2) is 33.6 Å². The summed E-state index contributed by atoms with van der Waals surface area (Å²) in [5.41, 5.74) is 0.652. The van der Waals surface area contributed by atoms with E-state index < -0.39 is 17.7 Å². The number of nitriles is 1. The molecule has 2 aromatic rings. The number of hydrogen-bond acceptors (Lipinski definition) is 6. The van der Waals surface area contributed by atoms with Crippen molar-refractivity contribution in [2.75, 3.05) is 11.9 Å². The van der Waals surface area contributed by atoms with E-state index in [1.54, 1.807) is 0 Å². The van der Waals surface area contributed by atoms with Crippen molar-refractivity contribution in [2.45, 2.75) is 31.3 Å². The van der Waals surface area contributed by atoms with Gasteiger partial charge in [-0.2, -0.15) is 5.26 Å². The van der Waals surface area contributed by atoms with E-state index >= 15 is 0 Å². The third-order valence-electron chi connectivity index (χ3n) is 4.98. The topological polar surface area (TPSA) is 91.1 Å². The fourth-order valence-electron chi connectivity index (χ4n) is 3.55. The van der Waals surface area contributed by atoms with Crippen LogP contribution in [0.3, 0.4) is 0 Å². The molecule has 144 valence electrons. The summed E-state index contributed by atoms with van der Waals surface area (Å²) in [6.07, 6.45) is 3.10. The van der Waals surface area contributed by atoms with E-state index in [4.69, 9.17) is 10.1 Å². The molecule has 1 saturated heterocycles. The highest BCUT2D eigenvalue weighted by Gasteiger charge is 2.42. The largest absolute Gasteiger partial charge is 0.351 e. The zero-order chi connectivity index (χ0) is 19.7. The van der Waals surface area contributed by atoms with E-state index in [9.17, 15) is 13.6 Å². The first kappa shape index (κ1) is 18.3. The highest BCUT2D eigenvalue weighted by molar-refractivity contribution is 5.79. The molecule has 0 radical (unpaired) electrons. The lowest BCUT2D eigenvalue weighted by Gasteiger charge is -2.37. The van der Waals surface area contributed by atoms with Crippen molar-refractivity contribution in [3.05, 3.63) is 53.4 Å². The zero-order valence-electron chi connectivity index (χ0n) is 14.8. The molecule has 2 aliphatic rings. The van der Waals surface area contributed by atoms with E-state index in [0.717, 1.165) is 6.07 Å². The molecule has 0 bridgehead atoms. The summed E-state index contributed by atoms with van der Waals surface area (Å²) in [7, 11) is 0. The number of rotatable bonds is 4. The summed E-state index contributed by atoms with van der Waals surface area (Å²) in [6.45, 7) is 0.317. The summed E-state index contributed by atoms with van der Waals surface area (Å²) < 4.78 is 27.1. The van der Waals surface area contributed by atoms with Crippen LogP contribution in [0.4, 0.5) is 14.7 Å². The first-order chi connectivity index (χ1) is 13.5. The molecule has 1 amide bonds. The minimum Gasteiger partial charge on any atom is -0.351 e.